The van der Waals surface area contributed by atoms with E-state index in [1.807, 2.05) is 48.5 Å². The van der Waals surface area contributed by atoms with Crippen molar-refractivity contribution in [3.8, 4) is 5.75 Å². The zero-order chi connectivity index (χ0) is 18.6. The fraction of sp³-hybridized carbons (Fsp3) is 0.318. The number of thioether (sulfide) groups is 1. The van der Waals surface area contributed by atoms with Crippen molar-refractivity contribution in [3.63, 3.8) is 0 Å². The lowest BCUT2D eigenvalue weighted by Crippen LogP contribution is -2.25. The first-order chi connectivity index (χ1) is 12.8. The molecule has 26 heavy (non-hydrogen) atoms. The monoisotopic (exact) mass is 369 g/mol. The highest BCUT2D eigenvalue weighted by atomic mass is 32.2. The van der Waals surface area contributed by atoms with Crippen LogP contribution in [0.25, 0.3) is 0 Å². The van der Waals surface area contributed by atoms with Gasteiger partial charge in [-0.15, -0.1) is 18.3 Å². The second kappa shape index (κ2) is 11.4. The Morgan fingerprint density at radius 3 is 2.77 bits per heavy atom. The molecule has 0 aliphatic rings. The van der Waals surface area contributed by atoms with Crippen molar-refractivity contribution in [2.24, 2.45) is 0 Å². The Morgan fingerprint density at radius 2 is 1.96 bits per heavy atom. The molecule has 0 bridgehead atoms. The number of carbonyl (C=O) groups is 1. The van der Waals surface area contributed by atoms with E-state index in [4.69, 9.17) is 4.74 Å². The lowest BCUT2D eigenvalue weighted by Gasteiger charge is -2.12. The Balaban J connectivity index is 1.85. The van der Waals surface area contributed by atoms with Gasteiger partial charge in [0.25, 0.3) is 5.91 Å². The van der Waals surface area contributed by atoms with Crippen molar-refractivity contribution in [2.45, 2.75) is 31.1 Å². The van der Waals surface area contributed by atoms with Crippen molar-refractivity contribution in [2.75, 3.05) is 18.9 Å². The second-order valence-electron chi connectivity index (χ2n) is 5.91. The van der Waals surface area contributed by atoms with E-state index in [-0.39, 0.29) is 5.91 Å². The summed E-state index contributed by atoms with van der Waals surface area (Å²) in [5.74, 6) is 1.72. The highest BCUT2D eigenvalue weighted by molar-refractivity contribution is 7.99. The van der Waals surface area contributed by atoms with Gasteiger partial charge in [0.05, 0.1) is 12.2 Å². The summed E-state index contributed by atoms with van der Waals surface area (Å²) in [4.78, 5) is 13.5. The molecule has 0 atom stereocenters. The van der Waals surface area contributed by atoms with E-state index in [0.29, 0.717) is 6.54 Å². The molecule has 0 saturated heterocycles. The van der Waals surface area contributed by atoms with Gasteiger partial charge >= 0.3 is 0 Å². The third kappa shape index (κ3) is 6.26. The molecule has 138 valence electrons. The number of para-hydroxylation sites is 1. The van der Waals surface area contributed by atoms with Crippen molar-refractivity contribution < 1.29 is 9.53 Å². The number of ether oxygens (including phenoxy) is 1. The SMILES string of the molecule is C=CCSc1ccccc1C(=O)NCCCc1ccccc1OCCC. The van der Waals surface area contributed by atoms with Crippen LogP contribution in [-0.2, 0) is 6.42 Å². The molecule has 3 nitrogen and oxygen atoms in total. The molecule has 0 aliphatic carbocycles. The van der Waals surface area contributed by atoms with E-state index in [1.165, 1.54) is 5.56 Å². The van der Waals surface area contributed by atoms with Crippen LogP contribution in [-0.4, -0.2) is 24.8 Å². The summed E-state index contributed by atoms with van der Waals surface area (Å²) in [6.45, 7) is 7.20. The maximum absolute atomic E-state index is 12.5. The van der Waals surface area contributed by atoms with Crippen LogP contribution in [0, 0.1) is 0 Å². The Hall–Kier alpha value is -2.20. The van der Waals surface area contributed by atoms with Gasteiger partial charge in [0.2, 0.25) is 0 Å². The van der Waals surface area contributed by atoms with Crippen LogP contribution in [0.1, 0.15) is 35.7 Å². The molecule has 1 amide bonds. The Morgan fingerprint density at radius 1 is 1.19 bits per heavy atom. The van der Waals surface area contributed by atoms with Crippen molar-refractivity contribution in [3.05, 3.63) is 72.3 Å². The molecule has 2 rings (SSSR count). The first-order valence-corrected chi connectivity index (χ1v) is 10.1. The number of aryl methyl sites for hydroxylation is 1. The summed E-state index contributed by atoms with van der Waals surface area (Å²) in [5.41, 5.74) is 1.92. The van der Waals surface area contributed by atoms with Crippen LogP contribution >= 0.6 is 11.8 Å². The first kappa shape index (κ1) is 20.1. The molecule has 0 spiro atoms. The predicted octanol–water partition coefficient (Wildman–Crippen LogP) is 5.12. The summed E-state index contributed by atoms with van der Waals surface area (Å²) in [7, 11) is 0. The largest absolute Gasteiger partial charge is 0.493 e. The number of amides is 1. The van der Waals surface area contributed by atoms with Crippen molar-refractivity contribution in [1.29, 1.82) is 0 Å². The number of benzene rings is 2. The van der Waals surface area contributed by atoms with Gasteiger partial charge < -0.3 is 10.1 Å². The normalized spacial score (nSPS) is 10.3. The van der Waals surface area contributed by atoms with Crippen LogP contribution in [0.15, 0.2) is 66.1 Å². The Labute approximate surface area is 160 Å². The minimum Gasteiger partial charge on any atom is -0.493 e. The van der Waals surface area contributed by atoms with Crippen LogP contribution in [0.2, 0.25) is 0 Å². The van der Waals surface area contributed by atoms with Crippen LogP contribution < -0.4 is 10.1 Å². The molecule has 1 N–H and O–H groups in total. The van der Waals surface area contributed by atoms with Crippen molar-refractivity contribution >= 4 is 17.7 Å². The highest BCUT2D eigenvalue weighted by Crippen LogP contribution is 2.23. The summed E-state index contributed by atoms with van der Waals surface area (Å²) < 4.78 is 5.79. The number of hydrogen-bond acceptors (Lipinski definition) is 3. The minimum absolute atomic E-state index is 0.0207. The molecular formula is C22H27NO2S. The smallest absolute Gasteiger partial charge is 0.252 e. The van der Waals surface area contributed by atoms with Crippen LogP contribution in [0.3, 0.4) is 0 Å². The van der Waals surface area contributed by atoms with Gasteiger partial charge in [0, 0.05) is 17.2 Å². The molecule has 0 aromatic heterocycles. The van der Waals surface area contributed by atoms with Crippen molar-refractivity contribution in [1.82, 2.24) is 5.32 Å². The average Bonchev–Trinajstić information content (AvgIpc) is 2.68. The molecule has 0 unspecified atom stereocenters. The van der Waals surface area contributed by atoms with Gasteiger partial charge in [-0.25, -0.2) is 0 Å². The molecule has 0 heterocycles. The zero-order valence-corrected chi connectivity index (χ0v) is 16.2. The summed E-state index contributed by atoms with van der Waals surface area (Å²) in [6.07, 6.45) is 4.60. The quantitative estimate of drug-likeness (QED) is 0.339. The standard InChI is InChI=1S/C22H27NO2S/c1-3-16-25-20-13-7-5-10-18(20)11-9-15-23-22(24)19-12-6-8-14-21(19)26-17-4-2/h4-8,10,12-14H,2-3,9,11,15-17H2,1H3,(H,23,24). The maximum atomic E-state index is 12.5. The minimum atomic E-state index is -0.0207. The number of nitrogens with one attached hydrogen (secondary N) is 1. The van der Waals surface area contributed by atoms with Crippen LogP contribution in [0.5, 0.6) is 5.75 Å². The van der Waals surface area contributed by atoms with E-state index in [2.05, 4.69) is 24.9 Å². The third-order valence-corrected chi connectivity index (χ3v) is 4.90. The van der Waals surface area contributed by atoms with E-state index in [0.717, 1.165) is 47.8 Å². The lowest BCUT2D eigenvalue weighted by molar-refractivity contribution is 0.0950. The van der Waals surface area contributed by atoms with Gasteiger partial charge in [-0.2, -0.15) is 0 Å². The van der Waals surface area contributed by atoms with E-state index >= 15 is 0 Å². The molecule has 4 heteroatoms. The molecular weight excluding hydrogens is 342 g/mol. The topological polar surface area (TPSA) is 38.3 Å². The van der Waals surface area contributed by atoms with Gasteiger partial charge in [-0.05, 0) is 43.0 Å². The molecule has 0 saturated carbocycles. The molecule has 0 aliphatic heterocycles. The van der Waals surface area contributed by atoms with E-state index in [1.54, 1.807) is 11.8 Å². The average molecular weight is 370 g/mol. The van der Waals surface area contributed by atoms with Gasteiger partial charge in [0.1, 0.15) is 5.75 Å². The molecule has 0 fully saturated rings. The van der Waals surface area contributed by atoms with Crippen LogP contribution in [0.4, 0.5) is 0 Å². The zero-order valence-electron chi connectivity index (χ0n) is 15.4. The number of rotatable bonds is 11. The number of hydrogen-bond donors (Lipinski definition) is 1. The van der Waals surface area contributed by atoms with E-state index in [9.17, 15) is 4.79 Å². The first-order valence-electron chi connectivity index (χ1n) is 9.08. The molecule has 0 radical (unpaired) electrons. The third-order valence-electron chi connectivity index (χ3n) is 3.83. The van der Waals surface area contributed by atoms with Gasteiger partial charge in [0.15, 0.2) is 0 Å². The lowest BCUT2D eigenvalue weighted by atomic mass is 10.1. The summed E-state index contributed by atoms with van der Waals surface area (Å²) >= 11 is 1.63. The predicted molar refractivity (Wildman–Crippen MR) is 110 cm³/mol. The van der Waals surface area contributed by atoms with E-state index < -0.39 is 0 Å². The Kier molecular flexibility index (Phi) is 8.84. The fourth-order valence-electron chi connectivity index (χ4n) is 2.57. The molecule has 2 aromatic rings. The maximum Gasteiger partial charge on any atom is 0.252 e. The highest BCUT2D eigenvalue weighted by Gasteiger charge is 2.10. The van der Waals surface area contributed by atoms with Gasteiger partial charge in [-0.3, -0.25) is 4.79 Å². The summed E-state index contributed by atoms with van der Waals surface area (Å²) in [6, 6.07) is 15.8. The summed E-state index contributed by atoms with van der Waals surface area (Å²) in [5, 5.41) is 3.03. The number of carbonyl (C=O) groups excluding carboxylic acids is 1. The Bertz CT molecular complexity index is 715. The molecule has 2 aromatic carbocycles. The fourth-order valence-corrected chi connectivity index (χ4v) is 3.36. The van der Waals surface area contributed by atoms with Gasteiger partial charge in [-0.1, -0.05) is 43.3 Å². The second-order valence-corrected chi connectivity index (χ2v) is 6.97.